The highest BCUT2D eigenvalue weighted by molar-refractivity contribution is 9.10. The van der Waals surface area contributed by atoms with Crippen LogP contribution in [0.25, 0.3) is 0 Å². The van der Waals surface area contributed by atoms with E-state index >= 15 is 0 Å². The van der Waals surface area contributed by atoms with Gasteiger partial charge < -0.3 is 15.5 Å². The van der Waals surface area contributed by atoms with Gasteiger partial charge in [0.05, 0.1) is 15.8 Å². The van der Waals surface area contributed by atoms with Gasteiger partial charge in [-0.2, -0.15) is 0 Å². The van der Waals surface area contributed by atoms with E-state index in [-0.39, 0.29) is 5.82 Å². The highest BCUT2D eigenvalue weighted by Gasteiger charge is 2.19. The number of hydrogen-bond donors (Lipinski definition) is 1. The average Bonchev–Trinajstić information content (AvgIpc) is 2.41. The lowest BCUT2D eigenvalue weighted by molar-refractivity contribution is 0.229. The number of hydrogen-bond acceptors (Lipinski definition) is 4. The summed E-state index contributed by atoms with van der Waals surface area (Å²) in [6, 6.07) is 3.16. The van der Waals surface area contributed by atoms with Gasteiger partial charge in [0, 0.05) is 45.3 Å². The molecule has 1 aliphatic heterocycles. The number of likely N-dealkylation sites (N-methyl/N-ethyl adjacent to an activating group) is 1. The molecule has 0 aliphatic carbocycles. The van der Waals surface area contributed by atoms with Crippen molar-refractivity contribution in [1.29, 1.82) is 0 Å². The quantitative estimate of drug-likeness (QED) is 0.845. The highest BCUT2D eigenvalue weighted by atomic mass is 79.9. The second kappa shape index (κ2) is 6.74. The van der Waals surface area contributed by atoms with Gasteiger partial charge in [-0.25, -0.2) is 4.39 Å². The molecule has 1 aromatic rings. The van der Waals surface area contributed by atoms with Crippen molar-refractivity contribution in [3.63, 3.8) is 0 Å². The largest absolute Gasteiger partial charge is 0.397 e. The summed E-state index contributed by atoms with van der Waals surface area (Å²) < 4.78 is 14.1. The van der Waals surface area contributed by atoms with Gasteiger partial charge in [-0.05, 0) is 36.1 Å². The SMILES string of the molecule is CN(C)CCN1CCN(c2cc(F)c(Br)cc2N)CC1. The number of nitrogens with zero attached hydrogens (tertiary/aromatic N) is 3. The molecule has 0 bridgehead atoms. The molecule has 20 heavy (non-hydrogen) atoms. The first-order valence-electron chi connectivity index (χ1n) is 6.84. The molecule has 1 aliphatic rings. The second-order valence-electron chi connectivity index (χ2n) is 5.46. The zero-order chi connectivity index (χ0) is 14.7. The number of benzene rings is 1. The molecule has 1 heterocycles. The summed E-state index contributed by atoms with van der Waals surface area (Å²) in [6.07, 6.45) is 0. The number of nitrogen functional groups attached to an aromatic ring is 1. The fourth-order valence-corrected chi connectivity index (χ4v) is 2.74. The second-order valence-corrected chi connectivity index (χ2v) is 6.31. The zero-order valence-corrected chi connectivity index (χ0v) is 13.7. The summed E-state index contributed by atoms with van der Waals surface area (Å²) in [5.74, 6) is -0.260. The average molecular weight is 345 g/mol. The monoisotopic (exact) mass is 344 g/mol. The van der Waals surface area contributed by atoms with Gasteiger partial charge in [-0.3, -0.25) is 4.90 Å². The van der Waals surface area contributed by atoms with E-state index in [1.165, 1.54) is 6.07 Å². The molecular formula is C14H22BrFN4. The van der Waals surface area contributed by atoms with Crippen LogP contribution in [-0.4, -0.2) is 63.2 Å². The van der Waals surface area contributed by atoms with Crippen molar-refractivity contribution in [2.45, 2.75) is 0 Å². The van der Waals surface area contributed by atoms with Gasteiger partial charge in [0.25, 0.3) is 0 Å². The minimum absolute atomic E-state index is 0.260. The Morgan fingerprint density at radius 3 is 2.50 bits per heavy atom. The molecule has 4 nitrogen and oxygen atoms in total. The predicted octanol–water partition coefficient (Wildman–Crippen LogP) is 1.85. The molecule has 1 aromatic carbocycles. The molecule has 1 saturated heterocycles. The molecule has 112 valence electrons. The molecule has 0 saturated carbocycles. The van der Waals surface area contributed by atoms with E-state index < -0.39 is 0 Å². The van der Waals surface area contributed by atoms with Crippen LogP contribution in [0.5, 0.6) is 0 Å². The van der Waals surface area contributed by atoms with E-state index in [0.717, 1.165) is 45.0 Å². The highest BCUT2D eigenvalue weighted by Crippen LogP contribution is 2.30. The normalized spacial score (nSPS) is 16.9. The molecular weight excluding hydrogens is 323 g/mol. The van der Waals surface area contributed by atoms with Gasteiger partial charge >= 0.3 is 0 Å². The summed E-state index contributed by atoms with van der Waals surface area (Å²) in [7, 11) is 4.17. The van der Waals surface area contributed by atoms with Gasteiger partial charge in [-0.1, -0.05) is 0 Å². The van der Waals surface area contributed by atoms with Crippen LogP contribution < -0.4 is 10.6 Å². The molecule has 2 N–H and O–H groups in total. The number of piperazine rings is 1. The summed E-state index contributed by atoms with van der Waals surface area (Å²) in [5, 5.41) is 0. The van der Waals surface area contributed by atoms with Crippen LogP contribution in [-0.2, 0) is 0 Å². The lowest BCUT2D eigenvalue weighted by Gasteiger charge is -2.37. The predicted molar refractivity (Wildman–Crippen MR) is 85.7 cm³/mol. The molecule has 1 fully saturated rings. The first kappa shape index (κ1) is 15.5. The smallest absolute Gasteiger partial charge is 0.139 e. The van der Waals surface area contributed by atoms with Crippen LogP contribution in [0.1, 0.15) is 0 Å². The van der Waals surface area contributed by atoms with Crippen molar-refractivity contribution in [3.8, 4) is 0 Å². The molecule has 0 radical (unpaired) electrons. The van der Waals surface area contributed by atoms with Crippen molar-refractivity contribution in [2.75, 3.05) is 64.0 Å². The fourth-order valence-electron chi connectivity index (χ4n) is 2.38. The van der Waals surface area contributed by atoms with Crippen LogP contribution >= 0.6 is 15.9 Å². The summed E-state index contributed by atoms with van der Waals surface area (Å²) >= 11 is 3.16. The Bertz CT molecular complexity index is 459. The topological polar surface area (TPSA) is 35.7 Å². The summed E-state index contributed by atoms with van der Waals surface area (Å²) in [6.45, 7) is 5.90. The van der Waals surface area contributed by atoms with Gasteiger partial charge in [0.15, 0.2) is 0 Å². The lowest BCUT2D eigenvalue weighted by Crippen LogP contribution is -2.48. The standard InChI is InChI=1S/C14H22BrFN4/c1-18(2)3-4-19-5-7-20(8-6-19)14-10-12(16)11(15)9-13(14)17/h9-10H,3-8,17H2,1-2H3. The minimum Gasteiger partial charge on any atom is -0.397 e. The third-order valence-electron chi connectivity index (χ3n) is 3.65. The minimum atomic E-state index is -0.260. The van der Waals surface area contributed by atoms with Crippen molar-refractivity contribution in [1.82, 2.24) is 9.80 Å². The summed E-state index contributed by atoms with van der Waals surface area (Å²) in [5.41, 5.74) is 7.42. The van der Waals surface area contributed by atoms with Crippen LogP contribution in [0.2, 0.25) is 0 Å². The van der Waals surface area contributed by atoms with Crippen LogP contribution in [0, 0.1) is 5.82 Å². The maximum Gasteiger partial charge on any atom is 0.139 e. The Morgan fingerprint density at radius 2 is 1.90 bits per heavy atom. The lowest BCUT2D eigenvalue weighted by atomic mass is 10.2. The Labute approximate surface area is 128 Å². The Hall–Kier alpha value is -0.850. The van der Waals surface area contributed by atoms with Gasteiger partial charge in [0.2, 0.25) is 0 Å². The molecule has 0 spiro atoms. The van der Waals surface area contributed by atoms with Crippen molar-refractivity contribution >= 4 is 27.3 Å². The van der Waals surface area contributed by atoms with E-state index in [2.05, 4.69) is 44.7 Å². The Morgan fingerprint density at radius 1 is 1.25 bits per heavy atom. The number of anilines is 2. The van der Waals surface area contributed by atoms with E-state index in [1.807, 2.05) is 0 Å². The molecule has 0 atom stereocenters. The van der Waals surface area contributed by atoms with Crippen molar-refractivity contribution in [3.05, 3.63) is 22.4 Å². The Balaban J connectivity index is 1.95. The molecule has 0 unspecified atom stereocenters. The maximum absolute atomic E-state index is 13.7. The van der Waals surface area contributed by atoms with E-state index in [0.29, 0.717) is 10.2 Å². The van der Waals surface area contributed by atoms with Crippen molar-refractivity contribution in [2.24, 2.45) is 0 Å². The van der Waals surface area contributed by atoms with E-state index in [9.17, 15) is 4.39 Å². The number of halogens is 2. The van der Waals surface area contributed by atoms with Crippen LogP contribution in [0.3, 0.4) is 0 Å². The fraction of sp³-hybridized carbons (Fsp3) is 0.571. The van der Waals surface area contributed by atoms with E-state index in [4.69, 9.17) is 5.73 Å². The molecule has 2 rings (SSSR count). The summed E-state index contributed by atoms with van der Waals surface area (Å²) in [4.78, 5) is 6.79. The van der Waals surface area contributed by atoms with Crippen molar-refractivity contribution < 1.29 is 4.39 Å². The first-order chi connectivity index (χ1) is 9.47. The zero-order valence-electron chi connectivity index (χ0n) is 12.1. The third kappa shape index (κ3) is 3.84. The molecule has 6 heteroatoms. The third-order valence-corrected chi connectivity index (χ3v) is 4.25. The number of nitrogens with two attached hydrogens (primary N) is 1. The molecule has 0 amide bonds. The number of rotatable bonds is 4. The Kier molecular flexibility index (Phi) is 5.23. The van der Waals surface area contributed by atoms with Gasteiger partial charge in [-0.15, -0.1) is 0 Å². The maximum atomic E-state index is 13.7. The van der Waals surface area contributed by atoms with Crippen LogP contribution in [0.4, 0.5) is 15.8 Å². The first-order valence-corrected chi connectivity index (χ1v) is 7.63. The van der Waals surface area contributed by atoms with Crippen LogP contribution in [0.15, 0.2) is 16.6 Å². The van der Waals surface area contributed by atoms with E-state index in [1.54, 1.807) is 6.07 Å². The molecule has 0 aromatic heterocycles. The van der Waals surface area contributed by atoms with Gasteiger partial charge in [0.1, 0.15) is 5.82 Å².